The van der Waals surface area contributed by atoms with Gasteiger partial charge >= 0.3 is 5.97 Å². The van der Waals surface area contributed by atoms with Gasteiger partial charge in [0.25, 0.3) is 0 Å². The predicted molar refractivity (Wildman–Crippen MR) is 96.3 cm³/mol. The van der Waals surface area contributed by atoms with E-state index in [2.05, 4.69) is 4.72 Å². The standard InChI is InChI=1S/C19H23NO4S/c21-19(24-16-17-10-4-1-5-11-17)14-8-3-9-15-20-25(22,23)18-12-6-2-7-13-18/h1-2,4-7,10-13,20H,3,8-9,14-16H2. The van der Waals surface area contributed by atoms with Crippen molar-refractivity contribution >= 4 is 16.0 Å². The molecule has 0 heterocycles. The van der Waals surface area contributed by atoms with Gasteiger partial charge in [-0.3, -0.25) is 4.79 Å². The Morgan fingerprint density at radius 2 is 1.52 bits per heavy atom. The summed E-state index contributed by atoms with van der Waals surface area (Å²) in [5.41, 5.74) is 0.964. The summed E-state index contributed by atoms with van der Waals surface area (Å²) in [6.07, 6.45) is 2.47. The van der Waals surface area contributed by atoms with Gasteiger partial charge in [-0.1, -0.05) is 55.0 Å². The Bertz CT molecular complexity index is 746. The number of benzene rings is 2. The van der Waals surface area contributed by atoms with Crippen molar-refractivity contribution in [2.75, 3.05) is 6.54 Å². The molecule has 5 nitrogen and oxygen atoms in total. The molecule has 0 spiro atoms. The normalized spacial score (nSPS) is 11.2. The maximum atomic E-state index is 12.0. The third-order valence-corrected chi connectivity index (χ3v) is 5.12. The summed E-state index contributed by atoms with van der Waals surface area (Å²) in [4.78, 5) is 11.9. The van der Waals surface area contributed by atoms with Crippen molar-refractivity contribution < 1.29 is 17.9 Å². The number of carbonyl (C=O) groups excluding carboxylic acids is 1. The van der Waals surface area contributed by atoms with E-state index in [9.17, 15) is 13.2 Å². The van der Waals surface area contributed by atoms with E-state index < -0.39 is 10.0 Å². The molecule has 6 heteroatoms. The molecule has 0 aromatic heterocycles. The number of sulfonamides is 1. The van der Waals surface area contributed by atoms with Crippen LogP contribution in [0.4, 0.5) is 0 Å². The highest BCUT2D eigenvalue weighted by Gasteiger charge is 2.11. The molecule has 0 radical (unpaired) electrons. The van der Waals surface area contributed by atoms with Crippen LogP contribution in [0, 0.1) is 0 Å². The van der Waals surface area contributed by atoms with Crippen molar-refractivity contribution in [1.29, 1.82) is 0 Å². The van der Waals surface area contributed by atoms with Crippen LogP contribution in [0.25, 0.3) is 0 Å². The molecule has 0 bridgehead atoms. The van der Waals surface area contributed by atoms with Crippen LogP contribution in [0.15, 0.2) is 65.6 Å². The van der Waals surface area contributed by atoms with Crippen molar-refractivity contribution in [3.05, 3.63) is 66.2 Å². The smallest absolute Gasteiger partial charge is 0.306 e. The van der Waals surface area contributed by atoms with Crippen LogP contribution in [0.5, 0.6) is 0 Å². The lowest BCUT2D eigenvalue weighted by atomic mass is 10.2. The van der Waals surface area contributed by atoms with Crippen LogP contribution < -0.4 is 4.72 Å². The molecule has 25 heavy (non-hydrogen) atoms. The summed E-state index contributed by atoms with van der Waals surface area (Å²) < 4.78 is 31.8. The Balaban J connectivity index is 1.56. The highest BCUT2D eigenvalue weighted by atomic mass is 32.2. The van der Waals surface area contributed by atoms with Gasteiger partial charge < -0.3 is 4.74 Å². The first-order valence-corrected chi connectivity index (χ1v) is 9.80. The fourth-order valence-electron chi connectivity index (χ4n) is 2.27. The molecular weight excluding hydrogens is 338 g/mol. The van der Waals surface area contributed by atoms with Gasteiger partial charge in [-0.15, -0.1) is 0 Å². The lowest BCUT2D eigenvalue weighted by molar-refractivity contribution is -0.145. The van der Waals surface area contributed by atoms with Crippen molar-refractivity contribution in [1.82, 2.24) is 4.72 Å². The minimum Gasteiger partial charge on any atom is -0.461 e. The first kappa shape index (κ1) is 19.1. The lowest BCUT2D eigenvalue weighted by Crippen LogP contribution is -2.24. The van der Waals surface area contributed by atoms with Gasteiger partial charge in [0, 0.05) is 13.0 Å². The third kappa shape index (κ3) is 7.07. The second kappa shape index (κ2) is 9.96. The van der Waals surface area contributed by atoms with E-state index in [-0.39, 0.29) is 17.5 Å². The highest BCUT2D eigenvalue weighted by molar-refractivity contribution is 7.89. The lowest BCUT2D eigenvalue weighted by Gasteiger charge is -2.07. The Hall–Kier alpha value is -2.18. The van der Waals surface area contributed by atoms with Crippen molar-refractivity contribution in [2.45, 2.75) is 37.2 Å². The van der Waals surface area contributed by atoms with E-state index in [1.54, 1.807) is 30.3 Å². The quantitative estimate of drug-likeness (QED) is 0.521. The zero-order chi connectivity index (χ0) is 18.0. The molecular formula is C19H23NO4S. The van der Waals surface area contributed by atoms with Gasteiger partial charge in [0.2, 0.25) is 10.0 Å². The second-order valence-corrected chi connectivity index (χ2v) is 7.43. The first-order chi connectivity index (χ1) is 12.1. The molecule has 0 aliphatic heterocycles. The van der Waals surface area contributed by atoms with Crippen LogP contribution in [0.3, 0.4) is 0 Å². The van der Waals surface area contributed by atoms with Crippen LogP contribution in [0.1, 0.15) is 31.2 Å². The number of esters is 1. The van der Waals surface area contributed by atoms with Crippen molar-refractivity contribution in [3.8, 4) is 0 Å². The Morgan fingerprint density at radius 1 is 0.880 bits per heavy atom. The van der Waals surface area contributed by atoms with Crippen LogP contribution >= 0.6 is 0 Å². The zero-order valence-electron chi connectivity index (χ0n) is 14.1. The van der Waals surface area contributed by atoms with Gasteiger partial charge in [-0.25, -0.2) is 13.1 Å². The molecule has 2 aromatic carbocycles. The van der Waals surface area contributed by atoms with Crippen molar-refractivity contribution in [3.63, 3.8) is 0 Å². The molecule has 0 fully saturated rings. The molecule has 0 amide bonds. The molecule has 0 atom stereocenters. The fraction of sp³-hybridized carbons (Fsp3) is 0.316. The Labute approximate surface area is 149 Å². The Kier molecular flexibility index (Phi) is 7.63. The third-order valence-electron chi connectivity index (χ3n) is 3.65. The summed E-state index contributed by atoms with van der Waals surface area (Å²) in [6.45, 7) is 0.646. The Morgan fingerprint density at radius 3 is 2.20 bits per heavy atom. The molecule has 0 saturated heterocycles. The van der Waals surface area contributed by atoms with Gasteiger partial charge in [0.15, 0.2) is 0 Å². The first-order valence-electron chi connectivity index (χ1n) is 8.32. The van der Waals surface area contributed by atoms with E-state index in [1.807, 2.05) is 30.3 Å². The molecule has 0 aliphatic carbocycles. The van der Waals surface area contributed by atoms with Gasteiger partial charge in [-0.05, 0) is 30.5 Å². The van der Waals surface area contributed by atoms with E-state index in [4.69, 9.17) is 4.74 Å². The van der Waals surface area contributed by atoms with Crippen molar-refractivity contribution in [2.24, 2.45) is 0 Å². The summed E-state index contributed by atoms with van der Waals surface area (Å²) in [7, 11) is -3.44. The van der Waals surface area contributed by atoms with Gasteiger partial charge in [0.1, 0.15) is 6.61 Å². The zero-order valence-corrected chi connectivity index (χ0v) is 14.9. The molecule has 1 N–H and O–H groups in total. The number of ether oxygens (including phenoxy) is 1. The average Bonchev–Trinajstić information content (AvgIpc) is 2.64. The molecule has 0 aliphatic rings. The number of unbranched alkanes of at least 4 members (excludes halogenated alkanes) is 2. The molecule has 134 valence electrons. The number of hydrogen-bond donors (Lipinski definition) is 1. The molecule has 2 rings (SSSR count). The highest BCUT2D eigenvalue weighted by Crippen LogP contribution is 2.08. The average molecular weight is 361 g/mol. The monoisotopic (exact) mass is 361 g/mol. The van der Waals surface area contributed by atoms with Crippen LogP contribution in [-0.2, 0) is 26.2 Å². The van der Waals surface area contributed by atoms with Gasteiger partial charge in [-0.2, -0.15) is 0 Å². The summed E-state index contributed by atoms with van der Waals surface area (Å²) in [5, 5.41) is 0. The summed E-state index contributed by atoms with van der Waals surface area (Å²) in [5.74, 6) is -0.228. The largest absolute Gasteiger partial charge is 0.461 e. The number of hydrogen-bond acceptors (Lipinski definition) is 4. The molecule has 0 saturated carbocycles. The summed E-state index contributed by atoms with van der Waals surface area (Å²) >= 11 is 0. The topological polar surface area (TPSA) is 72.5 Å². The van der Waals surface area contributed by atoms with Gasteiger partial charge in [0.05, 0.1) is 4.90 Å². The maximum Gasteiger partial charge on any atom is 0.306 e. The van der Waals surface area contributed by atoms with E-state index >= 15 is 0 Å². The summed E-state index contributed by atoms with van der Waals surface area (Å²) in [6, 6.07) is 17.8. The molecule has 0 unspecified atom stereocenters. The number of nitrogens with one attached hydrogen (secondary N) is 1. The minimum absolute atomic E-state index is 0.228. The predicted octanol–water partition coefficient (Wildman–Crippen LogP) is 3.27. The van der Waals surface area contributed by atoms with E-state index in [0.717, 1.165) is 12.0 Å². The van der Waals surface area contributed by atoms with Crippen LogP contribution in [-0.4, -0.2) is 20.9 Å². The van der Waals surface area contributed by atoms with E-state index in [0.29, 0.717) is 25.8 Å². The molecule has 2 aromatic rings. The number of carbonyl (C=O) groups is 1. The fourth-order valence-corrected chi connectivity index (χ4v) is 3.37. The number of rotatable bonds is 10. The second-order valence-electron chi connectivity index (χ2n) is 5.67. The SMILES string of the molecule is O=C(CCCCCNS(=O)(=O)c1ccccc1)OCc1ccccc1. The van der Waals surface area contributed by atoms with Crippen LogP contribution in [0.2, 0.25) is 0 Å². The van der Waals surface area contributed by atoms with E-state index in [1.165, 1.54) is 0 Å². The maximum absolute atomic E-state index is 12.0. The minimum atomic E-state index is -3.44.